The van der Waals surface area contributed by atoms with Gasteiger partial charge in [0.2, 0.25) is 0 Å². The molecule has 0 bridgehead atoms. The Kier molecular flexibility index (Phi) is 5.66. The Morgan fingerprint density at radius 2 is 1.50 bits per heavy atom. The summed E-state index contributed by atoms with van der Waals surface area (Å²) in [7, 11) is 0. The molecule has 0 amide bonds. The highest BCUT2D eigenvalue weighted by molar-refractivity contribution is 6.11. The summed E-state index contributed by atoms with van der Waals surface area (Å²) in [6.07, 6.45) is 0.838. The lowest BCUT2D eigenvalue weighted by atomic mass is 9.99. The molecule has 3 rings (SSSR count). The molecule has 0 radical (unpaired) electrons. The third-order valence-corrected chi connectivity index (χ3v) is 4.27. The molecule has 0 aromatic heterocycles. The molecule has 0 aliphatic heterocycles. The SMILES string of the molecule is O=C(c1ccccc1)c1ccc(O)c(CNCCc2ccccc2)c1O. The van der Waals surface area contributed by atoms with Gasteiger partial charge in [-0.15, -0.1) is 0 Å². The molecular formula is C22H21NO3. The number of aromatic hydroxyl groups is 2. The largest absolute Gasteiger partial charge is 0.507 e. The molecule has 0 aliphatic carbocycles. The molecule has 4 heteroatoms. The van der Waals surface area contributed by atoms with Gasteiger partial charge in [0.25, 0.3) is 0 Å². The fraction of sp³-hybridized carbons (Fsp3) is 0.136. The molecule has 3 N–H and O–H groups in total. The maximum absolute atomic E-state index is 12.6. The Hall–Kier alpha value is -3.11. The molecule has 26 heavy (non-hydrogen) atoms. The molecule has 3 aromatic rings. The minimum Gasteiger partial charge on any atom is -0.507 e. The number of ketones is 1. The Labute approximate surface area is 152 Å². The number of benzene rings is 3. The van der Waals surface area contributed by atoms with Crippen LogP contribution in [-0.4, -0.2) is 22.5 Å². The summed E-state index contributed by atoms with van der Waals surface area (Å²) >= 11 is 0. The molecule has 0 aliphatic rings. The van der Waals surface area contributed by atoms with Crippen LogP contribution in [0.2, 0.25) is 0 Å². The van der Waals surface area contributed by atoms with Crippen LogP contribution >= 0.6 is 0 Å². The molecule has 3 aromatic carbocycles. The zero-order valence-electron chi connectivity index (χ0n) is 14.4. The minimum absolute atomic E-state index is 0.0284. The summed E-state index contributed by atoms with van der Waals surface area (Å²) in [6.45, 7) is 0.972. The summed E-state index contributed by atoms with van der Waals surface area (Å²) < 4.78 is 0. The number of phenols is 2. The van der Waals surface area contributed by atoms with Crippen molar-refractivity contribution in [1.82, 2.24) is 5.32 Å². The van der Waals surface area contributed by atoms with Gasteiger partial charge < -0.3 is 15.5 Å². The maximum atomic E-state index is 12.6. The van der Waals surface area contributed by atoms with Crippen LogP contribution < -0.4 is 5.32 Å². The van der Waals surface area contributed by atoms with Gasteiger partial charge in [-0.25, -0.2) is 0 Å². The zero-order chi connectivity index (χ0) is 18.4. The normalized spacial score (nSPS) is 10.6. The second kappa shape index (κ2) is 8.32. The van der Waals surface area contributed by atoms with Crippen LogP contribution in [-0.2, 0) is 13.0 Å². The van der Waals surface area contributed by atoms with Crippen LogP contribution in [0.15, 0.2) is 72.8 Å². The predicted octanol–water partition coefficient (Wildman–Crippen LogP) is 3.66. The third kappa shape index (κ3) is 4.10. The van der Waals surface area contributed by atoms with Crippen molar-refractivity contribution in [2.75, 3.05) is 6.54 Å². The van der Waals surface area contributed by atoms with E-state index in [1.807, 2.05) is 24.3 Å². The number of phenolic OH excluding ortho intramolecular Hbond substituents is 2. The van der Waals surface area contributed by atoms with E-state index in [1.54, 1.807) is 24.3 Å². The first kappa shape index (κ1) is 17.7. The Bertz CT molecular complexity index is 877. The fourth-order valence-corrected chi connectivity index (χ4v) is 2.82. The summed E-state index contributed by atoms with van der Waals surface area (Å²) in [4.78, 5) is 12.6. The van der Waals surface area contributed by atoms with E-state index in [-0.39, 0.29) is 29.4 Å². The quantitative estimate of drug-likeness (QED) is 0.451. The molecule has 0 atom stereocenters. The van der Waals surface area contributed by atoms with Gasteiger partial charge in [-0.2, -0.15) is 0 Å². The first-order valence-corrected chi connectivity index (χ1v) is 8.55. The van der Waals surface area contributed by atoms with Gasteiger partial charge >= 0.3 is 0 Å². The van der Waals surface area contributed by atoms with Gasteiger partial charge in [-0.05, 0) is 30.7 Å². The Morgan fingerprint density at radius 3 is 2.19 bits per heavy atom. The number of rotatable bonds is 7. The van der Waals surface area contributed by atoms with Crippen molar-refractivity contribution in [3.63, 3.8) is 0 Å². The van der Waals surface area contributed by atoms with E-state index in [2.05, 4.69) is 17.4 Å². The van der Waals surface area contributed by atoms with Crippen molar-refractivity contribution < 1.29 is 15.0 Å². The smallest absolute Gasteiger partial charge is 0.196 e. The van der Waals surface area contributed by atoms with Crippen molar-refractivity contribution in [3.05, 3.63) is 95.1 Å². The van der Waals surface area contributed by atoms with Gasteiger partial charge in [-0.1, -0.05) is 60.7 Å². The maximum Gasteiger partial charge on any atom is 0.196 e. The van der Waals surface area contributed by atoms with Crippen molar-refractivity contribution in [1.29, 1.82) is 0 Å². The molecular weight excluding hydrogens is 326 g/mol. The van der Waals surface area contributed by atoms with E-state index in [0.717, 1.165) is 6.42 Å². The lowest BCUT2D eigenvalue weighted by Gasteiger charge is -2.12. The molecule has 4 nitrogen and oxygen atoms in total. The highest BCUT2D eigenvalue weighted by Gasteiger charge is 2.18. The number of hydrogen-bond acceptors (Lipinski definition) is 4. The van der Waals surface area contributed by atoms with Crippen LogP contribution in [0.3, 0.4) is 0 Å². The summed E-state index contributed by atoms with van der Waals surface area (Å²) in [6, 6.07) is 21.7. The van der Waals surface area contributed by atoms with Gasteiger partial charge in [0.1, 0.15) is 11.5 Å². The summed E-state index contributed by atoms with van der Waals surface area (Å²) in [5, 5.41) is 23.8. The average molecular weight is 347 g/mol. The van der Waals surface area contributed by atoms with Gasteiger partial charge in [0.15, 0.2) is 5.78 Å². The topological polar surface area (TPSA) is 69.6 Å². The van der Waals surface area contributed by atoms with Crippen molar-refractivity contribution in [3.8, 4) is 11.5 Å². The zero-order valence-corrected chi connectivity index (χ0v) is 14.4. The van der Waals surface area contributed by atoms with Crippen LogP contribution in [0.5, 0.6) is 11.5 Å². The molecule has 132 valence electrons. The molecule has 0 saturated heterocycles. The number of carbonyl (C=O) groups excluding carboxylic acids is 1. The van der Waals surface area contributed by atoms with Gasteiger partial charge in [-0.3, -0.25) is 4.79 Å². The fourth-order valence-electron chi connectivity index (χ4n) is 2.82. The standard InChI is InChI=1S/C22H21NO3/c24-20-12-11-18(21(25)17-9-5-2-6-10-17)22(26)19(20)15-23-14-13-16-7-3-1-4-8-16/h1-12,23-24,26H,13-15H2. The van der Waals surface area contributed by atoms with Crippen molar-refractivity contribution >= 4 is 5.78 Å². The highest BCUT2D eigenvalue weighted by atomic mass is 16.3. The molecule has 0 unspecified atom stereocenters. The first-order chi connectivity index (χ1) is 12.7. The molecule has 0 saturated carbocycles. The molecule has 0 fully saturated rings. The highest BCUT2D eigenvalue weighted by Crippen LogP contribution is 2.31. The van der Waals surface area contributed by atoms with E-state index in [1.165, 1.54) is 17.7 Å². The second-order valence-corrected chi connectivity index (χ2v) is 6.07. The van der Waals surface area contributed by atoms with E-state index < -0.39 is 0 Å². The van der Waals surface area contributed by atoms with Crippen LogP contribution in [0, 0.1) is 0 Å². The van der Waals surface area contributed by atoms with Crippen LogP contribution in [0.4, 0.5) is 0 Å². The van der Waals surface area contributed by atoms with E-state index in [0.29, 0.717) is 17.7 Å². The van der Waals surface area contributed by atoms with Gasteiger partial charge in [0, 0.05) is 12.1 Å². The third-order valence-electron chi connectivity index (χ3n) is 4.27. The van der Waals surface area contributed by atoms with Gasteiger partial charge in [0.05, 0.1) is 11.1 Å². The number of nitrogens with one attached hydrogen (secondary N) is 1. The number of carbonyl (C=O) groups is 1. The lowest BCUT2D eigenvalue weighted by Crippen LogP contribution is -2.17. The van der Waals surface area contributed by atoms with Crippen molar-refractivity contribution in [2.45, 2.75) is 13.0 Å². The van der Waals surface area contributed by atoms with Crippen LogP contribution in [0.1, 0.15) is 27.0 Å². The minimum atomic E-state index is -0.270. The van der Waals surface area contributed by atoms with Crippen LogP contribution in [0.25, 0.3) is 0 Å². The van der Waals surface area contributed by atoms with E-state index >= 15 is 0 Å². The summed E-state index contributed by atoms with van der Waals surface area (Å²) in [5.74, 6) is -0.473. The first-order valence-electron chi connectivity index (χ1n) is 8.55. The Morgan fingerprint density at radius 1 is 0.846 bits per heavy atom. The summed E-state index contributed by atoms with van der Waals surface area (Å²) in [5.41, 5.74) is 2.23. The van der Waals surface area contributed by atoms with E-state index in [4.69, 9.17) is 0 Å². The predicted molar refractivity (Wildman–Crippen MR) is 101 cm³/mol. The lowest BCUT2D eigenvalue weighted by molar-refractivity contribution is 0.103. The monoisotopic (exact) mass is 347 g/mol. The molecule has 0 spiro atoms. The molecule has 0 heterocycles. The average Bonchev–Trinajstić information content (AvgIpc) is 2.68. The van der Waals surface area contributed by atoms with Crippen molar-refractivity contribution in [2.24, 2.45) is 0 Å². The van der Waals surface area contributed by atoms with E-state index in [9.17, 15) is 15.0 Å². The second-order valence-electron chi connectivity index (χ2n) is 6.07. The number of hydrogen-bond donors (Lipinski definition) is 3. The Balaban J connectivity index is 1.70.